The molecule has 0 aliphatic carbocycles. The van der Waals surface area contributed by atoms with Crippen LogP contribution in [0.2, 0.25) is 0 Å². The third-order valence-corrected chi connectivity index (χ3v) is 4.86. The fourth-order valence-corrected chi connectivity index (χ4v) is 2.50. The molecule has 4 nitrogen and oxygen atoms in total. The summed E-state index contributed by atoms with van der Waals surface area (Å²) in [5, 5.41) is 2.87. The number of rotatable bonds is 4. The van der Waals surface area contributed by atoms with Crippen molar-refractivity contribution in [3.8, 4) is 0 Å². The summed E-state index contributed by atoms with van der Waals surface area (Å²) in [4.78, 5) is 12.2. The lowest BCUT2D eigenvalue weighted by molar-refractivity contribution is 0.0929. The van der Waals surface area contributed by atoms with Gasteiger partial charge in [-0.2, -0.15) is 0 Å². The highest BCUT2D eigenvalue weighted by Gasteiger charge is 2.19. The molecule has 20 heavy (non-hydrogen) atoms. The van der Waals surface area contributed by atoms with Crippen LogP contribution in [0.5, 0.6) is 0 Å². The molecule has 1 N–H and O–H groups in total. The van der Waals surface area contributed by atoms with Crippen molar-refractivity contribution in [1.82, 2.24) is 5.32 Å². The number of aryl methyl sites for hydroxylation is 1. The van der Waals surface area contributed by atoms with Crippen molar-refractivity contribution in [2.24, 2.45) is 5.92 Å². The van der Waals surface area contributed by atoms with Crippen LogP contribution in [0.25, 0.3) is 0 Å². The quantitative estimate of drug-likeness (QED) is 0.868. The Morgan fingerprint density at radius 3 is 2.20 bits per heavy atom. The molecule has 0 heterocycles. The molecule has 0 radical (unpaired) electrons. The molecule has 0 aromatic heterocycles. The molecule has 0 aliphatic rings. The zero-order chi connectivity index (χ0) is 15.7. The number of halogens is 1. The average Bonchev–Trinajstić information content (AvgIpc) is 2.30. The van der Waals surface area contributed by atoms with Gasteiger partial charge in [0, 0.05) is 22.3 Å². The average molecular weight is 318 g/mol. The minimum Gasteiger partial charge on any atom is -0.349 e. The van der Waals surface area contributed by atoms with Crippen molar-refractivity contribution in [3.05, 3.63) is 28.8 Å². The van der Waals surface area contributed by atoms with Gasteiger partial charge >= 0.3 is 0 Å². The number of benzene rings is 1. The second kappa shape index (κ2) is 6.14. The Bertz CT molecular complexity index is 624. The van der Waals surface area contributed by atoms with E-state index in [4.69, 9.17) is 10.7 Å². The van der Waals surface area contributed by atoms with Gasteiger partial charge in [0.05, 0.1) is 4.90 Å². The van der Waals surface area contributed by atoms with Gasteiger partial charge in [-0.15, -0.1) is 0 Å². The maximum Gasteiger partial charge on any atom is 0.261 e. The summed E-state index contributed by atoms with van der Waals surface area (Å²) in [5.41, 5.74) is 1.81. The summed E-state index contributed by atoms with van der Waals surface area (Å²) in [6, 6.07) is 2.80. The largest absolute Gasteiger partial charge is 0.349 e. The van der Waals surface area contributed by atoms with E-state index in [1.165, 1.54) is 12.1 Å². The normalized spacial score (nSPS) is 13.3. The summed E-state index contributed by atoms with van der Waals surface area (Å²) in [7, 11) is 1.51. The molecule has 0 spiro atoms. The van der Waals surface area contributed by atoms with Crippen LogP contribution in [-0.2, 0) is 9.05 Å². The Morgan fingerprint density at radius 1 is 1.20 bits per heavy atom. The van der Waals surface area contributed by atoms with E-state index >= 15 is 0 Å². The molecule has 1 atom stereocenters. The van der Waals surface area contributed by atoms with Crippen LogP contribution < -0.4 is 5.32 Å². The highest BCUT2D eigenvalue weighted by atomic mass is 35.7. The zero-order valence-electron chi connectivity index (χ0n) is 12.3. The maximum absolute atomic E-state index is 12.3. The predicted molar refractivity (Wildman–Crippen MR) is 80.7 cm³/mol. The van der Waals surface area contributed by atoms with E-state index in [0.717, 1.165) is 5.56 Å². The highest BCUT2D eigenvalue weighted by molar-refractivity contribution is 8.13. The molecule has 0 fully saturated rings. The fraction of sp³-hybridized carbons (Fsp3) is 0.500. The monoisotopic (exact) mass is 317 g/mol. The first-order valence-electron chi connectivity index (χ1n) is 6.40. The molecule has 6 heteroatoms. The summed E-state index contributed by atoms with van der Waals surface area (Å²) in [6.07, 6.45) is 0. The first kappa shape index (κ1) is 17.0. The van der Waals surface area contributed by atoms with Crippen molar-refractivity contribution in [1.29, 1.82) is 0 Å². The van der Waals surface area contributed by atoms with Crippen LogP contribution in [0.3, 0.4) is 0 Å². The molecule has 1 aromatic rings. The van der Waals surface area contributed by atoms with E-state index in [-0.39, 0.29) is 16.8 Å². The number of nitrogens with one attached hydrogen (secondary N) is 1. The van der Waals surface area contributed by atoms with Crippen molar-refractivity contribution in [2.75, 3.05) is 0 Å². The number of carbonyl (C=O) groups is 1. The predicted octanol–water partition coefficient (Wildman–Crippen LogP) is 3.01. The van der Waals surface area contributed by atoms with E-state index in [1.807, 2.05) is 20.8 Å². The van der Waals surface area contributed by atoms with Gasteiger partial charge in [-0.1, -0.05) is 13.8 Å². The SMILES string of the molecule is Cc1cc(S(=O)(=O)Cl)cc(C(=O)NC(C)C(C)C)c1C. The van der Waals surface area contributed by atoms with Crippen LogP contribution in [0, 0.1) is 19.8 Å². The van der Waals surface area contributed by atoms with E-state index in [0.29, 0.717) is 17.0 Å². The van der Waals surface area contributed by atoms with Gasteiger partial charge < -0.3 is 5.32 Å². The smallest absolute Gasteiger partial charge is 0.261 e. The van der Waals surface area contributed by atoms with Gasteiger partial charge in [0.25, 0.3) is 15.0 Å². The van der Waals surface area contributed by atoms with Crippen molar-refractivity contribution >= 4 is 25.6 Å². The van der Waals surface area contributed by atoms with Crippen LogP contribution in [0.4, 0.5) is 0 Å². The summed E-state index contributed by atoms with van der Waals surface area (Å²) < 4.78 is 22.9. The Balaban J connectivity index is 3.24. The lowest BCUT2D eigenvalue weighted by Gasteiger charge is -2.19. The van der Waals surface area contributed by atoms with Crippen molar-refractivity contribution in [3.63, 3.8) is 0 Å². The molecule has 1 unspecified atom stereocenters. The van der Waals surface area contributed by atoms with Crippen molar-refractivity contribution in [2.45, 2.75) is 45.6 Å². The Kier molecular flexibility index (Phi) is 5.21. The van der Waals surface area contributed by atoms with Crippen LogP contribution in [0.15, 0.2) is 17.0 Å². The second-order valence-electron chi connectivity index (χ2n) is 5.36. The van der Waals surface area contributed by atoms with Crippen molar-refractivity contribution < 1.29 is 13.2 Å². The lowest BCUT2D eigenvalue weighted by atomic mass is 10.0. The van der Waals surface area contributed by atoms with Crippen LogP contribution >= 0.6 is 10.7 Å². The molecule has 112 valence electrons. The Labute approximate surface area is 124 Å². The molecule has 0 aliphatic heterocycles. The Morgan fingerprint density at radius 2 is 1.75 bits per heavy atom. The molecule has 0 saturated carbocycles. The maximum atomic E-state index is 12.3. The van der Waals surface area contributed by atoms with E-state index in [2.05, 4.69) is 5.32 Å². The molecule has 0 saturated heterocycles. The number of hydrogen-bond acceptors (Lipinski definition) is 3. The van der Waals surface area contributed by atoms with E-state index in [9.17, 15) is 13.2 Å². The first-order chi connectivity index (χ1) is 9.04. The summed E-state index contributed by atoms with van der Waals surface area (Å²) >= 11 is 0. The topological polar surface area (TPSA) is 63.2 Å². The van der Waals surface area contributed by atoms with E-state index in [1.54, 1.807) is 13.8 Å². The van der Waals surface area contributed by atoms with Crippen LogP contribution in [0.1, 0.15) is 42.3 Å². The standard InChI is InChI=1S/C14H20ClNO3S/c1-8(2)11(5)16-14(17)13-7-12(20(15,18)19)6-9(3)10(13)4/h6-8,11H,1-5H3,(H,16,17). The molecule has 0 bridgehead atoms. The first-order valence-corrected chi connectivity index (χ1v) is 8.71. The minimum atomic E-state index is -3.85. The summed E-state index contributed by atoms with van der Waals surface area (Å²) in [5.74, 6) is 0.00858. The molecular weight excluding hydrogens is 298 g/mol. The lowest BCUT2D eigenvalue weighted by Crippen LogP contribution is -2.36. The molecule has 1 aromatic carbocycles. The fourth-order valence-electron chi connectivity index (χ4n) is 1.65. The number of hydrogen-bond donors (Lipinski definition) is 1. The second-order valence-corrected chi connectivity index (χ2v) is 7.92. The van der Waals surface area contributed by atoms with Gasteiger partial charge in [0.1, 0.15) is 0 Å². The third-order valence-electron chi connectivity index (χ3n) is 3.53. The molecule has 1 amide bonds. The van der Waals surface area contributed by atoms with Gasteiger partial charge in [-0.3, -0.25) is 4.79 Å². The van der Waals surface area contributed by atoms with Gasteiger partial charge in [0.15, 0.2) is 0 Å². The van der Waals surface area contributed by atoms with Crippen LogP contribution in [-0.4, -0.2) is 20.4 Å². The molecular formula is C14H20ClNO3S. The number of carbonyl (C=O) groups excluding carboxylic acids is 1. The zero-order valence-corrected chi connectivity index (χ0v) is 13.9. The van der Waals surface area contributed by atoms with E-state index < -0.39 is 9.05 Å². The molecule has 1 rings (SSSR count). The minimum absolute atomic E-state index is 0.00142. The third kappa shape index (κ3) is 3.96. The Hall–Kier alpha value is -1.07. The highest BCUT2D eigenvalue weighted by Crippen LogP contribution is 2.22. The van der Waals surface area contributed by atoms with Gasteiger partial charge in [-0.05, 0) is 49.9 Å². The van der Waals surface area contributed by atoms with Gasteiger partial charge in [0.2, 0.25) is 0 Å². The number of amides is 1. The summed E-state index contributed by atoms with van der Waals surface area (Å²) in [6.45, 7) is 9.46. The van der Waals surface area contributed by atoms with Gasteiger partial charge in [-0.25, -0.2) is 8.42 Å².